The second-order valence-electron chi connectivity index (χ2n) is 4.41. The van der Waals surface area contributed by atoms with E-state index < -0.39 is 10.0 Å². The number of nitrogen functional groups attached to an aromatic ring is 1. The van der Waals surface area contributed by atoms with Crippen LogP contribution in [0.3, 0.4) is 0 Å². The standard InChI is InChI=1S/C11H14BrClN2O2S/c1-7-3-2-4-15(7)18(16,17)10-6-8(13)5-9(14)11(10)12/h5-7H,2-4,14H2,1H3. The first-order chi connectivity index (χ1) is 8.34. The van der Waals surface area contributed by atoms with Crippen molar-refractivity contribution in [3.8, 4) is 0 Å². The van der Waals surface area contributed by atoms with Gasteiger partial charge in [-0.15, -0.1) is 0 Å². The van der Waals surface area contributed by atoms with Crippen molar-refractivity contribution in [3.05, 3.63) is 21.6 Å². The fraction of sp³-hybridized carbons (Fsp3) is 0.455. The van der Waals surface area contributed by atoms with Crippen LogP contribution < -0.4 is 5.73 Å². The van der Waals surface area contributed by atoms with Crippen LogP contribution in [-0.2, 0) is 10.0 Å². The van der Waals surface area contributed by atoms with Gasteiger partial charge in [-0.05, 0) is 47.8 Å². The molecule has 1 heterocycles. The summed E-state index contributed by atoms with van der Waals surface area (Å²) in [6.45, 7) is 2.45. The minimum Gasteiger partial charge on any atom is -0.398 e. The van der Waals surface area contributed by atoms with Gasteiger partial charge < -0.3 is 5.73 Å². The van der Waals surface area contributed by atoms with E-state index >= 15 is 0 Å². The fourth-order valence-corrected chi connectivity index (χ4v) is 5.12. The molecule has 0 radical (unpaired) electrons. The predicted molar refractivity (Wildman–Crippen MR) is 76.2 cm³/mol. The van der Waals surface area contributed by atoms with Crippen LogP contribution in [0.5, 0.6) is 0 Å². The minimum atomic E-state index is -3.54. The zero-order valence-electron chi connectivity index (χ0n) is 9.86. The Morgan fingerprint density at radius 2 is 2.17 bits per heavy atom. The number of halogens is 2. The van der Waals surface area contributed by atoms with E-state index in [1.54, 1.807) is 0 Å². The lowest BCUT2D eigenvalue weighted by Gasteiger charge is -2.22. The van der Waals surface area contributed by atoms with Crippen molar-refractivity contribution < 1.29 is 8.42 Å². The maximum atomic E-state index is 12.6. The van der Waals surface area contributed by atoms with Gasteiger partial charge in [0.1, 0.15) is 0 Å². The van der Waals surface area contributed by atoms with Gasteiger partial charge in [0, 0.05) is 23.3 Å². The van der Waals surface area contributed by atoms with Crippen LogP contribution in [0.25, 0.3) is 0 Å². The second-order valence-corrected chi connectivity index (χ2v) is 7.50. The van der Waals surface area contributed by atoms with Crippen molar-refractivity contribution >= 4 is 43.2 Å². The molecule has 2 N–H and O–H groups in total. The van der Waals surface area contributed by atoms with Gasteiger partial charge in [-0.3, -0.25) is 0 Å². The molecule has 1 fully saturated rings. The first-order valence-corrected chi connectivity index (χ1v) is 8.21. The van der Waals surface area contributed by atoms with Gasteiger partial charge in [-0.25, -0.2) is 8.42 Å². The van der Waals surface area contributed by atoms with E-state index in [2.05, 4.69) is 15.9 Å². The van der Waals surface area contributed by atoms with Crippen LogP contribution in [0.4, 0.5) is 5.69 Å². The predicted octanol–water partition coefficient (Wildman–Crippen LogP) is 2.86. The van der Waals surface area contributed by atoms with Crippen LogP contribution in [0.2, 0.25) is 5.02 Å². The topological polar surface area (TPSA) is 63.4 Å². The van der Waals surface area contributed by atoms with Gasteiger partial charge in [-0.1, -0.05) is 11.6 Å². The molecule has 1 aromatic rings. The van der Waals surface area contributed by atoms with E-state index in [0.29, 0.717) is 21.7 Å². The maximum absolute atomic E-state index is 12.6. The molecule has 0 amide bonds. The van der Waals surface area contributed by atoms with Crippen molar-refractivity contribution in [1.82, 2.24) is 4.31 Å². The smallest absolute Gasteiger partial charge is 0.244 e. The van der Waals surface area contributed by atoms with E-state index in [9.17, 15) is 8.42 Å². The molecule has 1 atom stereocenters. The van der Waals surface area contributed by atoms with E-state index in [1.807, 2.05) is 6.92 Å². The average Bonchev–Trinajstić information content (AvgIpc) is 2.70. The lowest BCUT2D eigenvalue weighted by molar-refractivity contribution is 0.408. The molecule has 1 aromatic carbocycles. The Labute approximate surface area is 120 Å². The van der Waals surface area contributed by atoms with Crippen molar-refractivity contribution in [3.63, 3.8) is 0 Å². The largest absolute Gasteiger partial charge is 0.398 e. The summed E-state index contributed by atoms with van der Waals surface area (Å²) in [7, 11) is -3.54. The summed E-state index contributed by atoms with van der Waals surface area (Å²) in [6.07, 6.45) is 1.76. The second kappa shape index (κ2) is 5.00. The molecule has 18 heavy (non-hydrogen) atoms. The summed E-state index contributed by atoms with van der Waals surface area (Å²) in [4.78, 5) is 0.140. The lowest BCUT2D eigenvalue weighted by atomic mass is 10.3. The first kappa shape index (κ1) is 14.1. The number of nitrogens with zero attached hydrogens (tertiary/aromatic N) is 1. The molecule has 0 spiro atoms. The molecular weight excluding hydrogens is 340 g/mol. The van der Waals surface area contributed by atoms with Gasteiger partial charge >= 0.3 is 0 Å². The van der Waals surface area contributed by atoms with Crippen LogP contribution in [0, 0.1) is 0 Å². The minimum absolute atomic E-state index is 0.0158. The molecule has 0 aliphatic carbocycles. The number of nitrogens with two attached hydrogens (primary N) is 1. The molecule has 1 unspecified atom stereocenters. The first-order valence-electron chi connectivity index (χ1n) is 5.60. The summed E-state index contributed by atoms with van der Waals surface area (Å²) < 4.78 is 27.0. The van der Waals surface area contributed by atoms with E-state index in [0.717, 1.165) is 12.8 Å². The Morgan fingerprint density at radius 3 is 2.72 bits per heavy atom. The molecule has 7 heteroatoms. The highest BCUT2D eigenvalue weighted by Gasteiger charge is 2.34. The van der Waals surface area contributed by atoms with Gasteiger partial charge in [0.2, 0.25) is 10.0 Å². The van der Waals surface area contributed by atoms with Crippen molar-refractivity contribution in [1.29, 1.82) is 0 Å². The van der Waals surface area contributed by atoms with Gasteiger partial charge in [0.05, 0.1) is 9.37 Å². The van der Waals surface area contributed by atoms with Crippen LogP contribution in [0.1, 0.15) is 19.8 Å². The van der Waals surface area contributed by atoms with Crippen molar-refractivity contribution in [2.24, 2.45) is 0 Å². The lowest BCUT2D eigenvalue weighted by Crippen LogP contribution is -2.33. The van der Waals surface area contributed by atoms with Gasteiger partial charge in [0.15, 0.2) is 0 Å². The zero-order valence-corrected chi connectivity index (χ0v) is 13.0. The Bertz CT molecular complexity index is 577. The normalized spacial score (nSPS) is 21.4. The number of hydrogen-bond donors (Lipinski definition) is 1. The molecule has 0 aromatic heterocycles. The number of benzene rings is 1. The van der Waals surface area contributed by atoms with Gasteiger partial charge in [0.25, 0.3) is 0 Å². The summed E-state index contributed by atoms with van der Waals surface area (Å²) in [5, 5.41) is 0.320. The summed E-state index contributed by atoms with van der Waals surface area (Å²) in [5.74, 6) is 0. The van der Waals surface area contributed by atoms with Crippen LogP contribution in [-0.4, -0.2) is 25.3 Å². The van der Waals surface area contributed by atoms with Crippen molar-refractivity contribution in [2.75, 3.05) is 12.3 Å². The van der Waals surface area contributed by atoms with Crippen LogP contribution >= 0.6 is 27.5 Å². The maximum Gasteiger partial charge on any atom is 0.244 e. The molecule has 1 aliphatic rings. The SMILES string of the molecule is CC1CCCN1S(=O)(=O)c1cc(Cl)cc(N)c1Br. The third-order valence-electron chi connectivity index (χ3n) is 3.11. The monoisotopic (exact) mass is 352 g/mol. The van der Waals surface area contributed by atoms with Crippen LogP contribution in [0.15, 0.2) is 21.5 Å². The Morgan fingerprint density at radius 1 is 1.50 bits per heavy atom. The Kier molecular flexibility index (Phi) is 3.92. The molecular formula is C11H14BrClN2O2S. The highest BCUT2D eigenvalue weighted by molar-refractivity contribution is 9.10. The van der Waals surface area contributed by atoms with E-state index in [4.69, 9.17) is 17.3 Å². The van der Waals surface area contributed by atoms with E-state index in [-0.39, 0.29) is 10.9 Å². The van der Waals surface area contributed by atoms with E-state index in [1.165, 1.54) is 16.4 Å². The van der Waals surface area contributed by atoms with Gasteiger partial charge in [-0.2, -0.15) is 4.31 Å². The fourth-order valence-electron chi connectivity index (χ4n) is 2.16. The number of anilines is 1. The number of rotatable bonds is 2. The molecule has 4 nitrogen and oxygen atoms in total. The molecule has 1 aliphatic heterocycles. The summed E-state index contributed by atoms with van der Waals surface area (Å²) >= 11 is 9.12. The molecule has 1 saturated heterocycles. The molecule has 100 valence electrons. The zero-order chi connectivity index (χ0) is 13.5. The summed E-state index contributed by atoms with van der Waals surface area (Å²) in [6, 6.07) is 2.97. The third kappa shape index (κ3) is 2.39. The molecule has 0 bridgehead atoms. The Balaban J connectivity index is 2.54. The number of hydrogen-bond acceptors (Lipinski definition) is 3. The van der Waals surface area contributed by atoms with Crippen molar-refractivity contribution in [2.45, 2.75) is 30.7 Å². The number of sulfonamides is 1. The molecule has 2 rings (SSSR count). The molecule has 0 saturated carbocycles. The Hall–Kier alpha value is -0.300. The highest BCUT2D eigenvalue weighted by Crippen LogP contribution is 2.35. The highest BCUT2D eigenvalue weighted by atomic mass is 79.9. The quantitative estimate of drug-likeness (QED) is 0.832. The summed E-state index contributed by atoms with van der Waals surface area (Å²) in [5.41, 5.74) is 6.06. The average molecular weight is 354 g/mol. The third-order valence-corrected chi connectivity index (χ3v) is 6.51.